The first kappa shape index (κ1) is 18.1. The summed E-state index contributed by atoms with van der Waals surface area (Å²) in [5.74, 6) is 1.42. The molecule has 2 amide bonds. The van der Waals surface area contributed by atoms with Crippen LogP contribution >= 0.6 is 15.9 Å². The maximum absolute atomic E-state index is 12.1. The van der Waals surface area contributed by atoms with Gasteiger partial charge in [-0.25, -0.2) is 4.79 Å². The monoisotopic (exact) mass is 392 g/mol. The first-order valence-corrected chi connectivity index (χ1v) is 8.33. The summed E-state index contributed by atoms with van der Waals surface area (Å²) in [7, 11) is 3.20. The molecule has 0 bridgehead atoms. The summed E-state index contributed by atoms with van der Waals surface area (Å²) in [4.78, 5) is 12.1. The first-order valence-electron chi connectivity index (χ1n) is 7.54. The minimum absolute atomic E-state index is 0.102. The molecule has 24 heavy (non-hydrogen) atoms. The van der Waals surface area contributed by atoms with Gasteiger partial charge < -0.3 is 20.1 Å². The van der Waals surface area contributed by atoms with Crippen LogP contribution in [0.3, 0.4) is 0 Å². The fourth-order valence-electron chi connectivity index (χ4n) is 2.30. The van der Waals surface area contributed by atoms with Gasteiger partial charge >= 0.3 is 6.03 Å². The lowest BCUT2D eigenvalue weighted by atomic mass is 10.1. The lowest BCUT2D eigenvalue weighted by Gasteiger charge is -2.16. The smallest absolute Gasteiger partial charge is 0.315 e. The Bertz CT molecular complexity index is 706. The molecule has 0 radical (unpaired) electrons. The third-order valence-electron chi connectivity index (χ3n) is 3.62. The van der Waals surface area contributed by atoms with Gasteiger partial charge in [0.25, 0.3) is 0 Å². The Hall–Kier alpha value is -2.21. The summed E-state index contributed by atoms with van der Waals surface area (Å²) in [6.45, 7) is 2.28. The van der Waals surface area contributed by atoms with Gasteiger partial charge in [-0.1, -0.05) is 28.1 Å². The highest BCUT2D eigenvalue weighted by Crippen LogP contribution is 2.23. The van der Waals surface area contributed by atoms with Gasteiger partial charge in [-0.2, -0.15) is 0 Å². The quantitative estimate of drug-likeness (QED) is 0.779. The van der Waals surface area contributed by atoms with Crippen LogP contribution in [0.1, 0.15) is 24.1 Å². The van der Waals surface area contributed by atoms with Crippen molar-refractivity contribution in [3.05, 3.63) is 58.1 Å². The van der Waals surface area contributed by atoms with E-state index < -0.39 is 0 Å². The zero-order valence-corrected chi connectivity index (χ0v) is 15.5. The number of hydrogen-bond donors (Lipinski definition) is 2. The Morgan fingerprint density at radius 3 is 2.62 bits per heavy atom. The number of urea groups is 1. The lowest BCUT2D eigenvalue weighted by Crippen LogP contribution is -2.36. The molecule has 0 spiro atoms. The Morgan fingerprint density at radius 1 is 1.17 bits per heavy atom. The van der Waals surface area contributed by atoms with Gasteiger partial charge in [-0.15, -0.1) is 0 Å². The first-order chi connectivity index (χ1) is 11.5. The van der Waals surface area contributed by atoms with Crippen molar-refractivity contribution in [2.45, 2.75) is 19.5 Å². The van der Waals surface area contributed by atoms with Crippen molar-refractivity contribution in [1.82, 2.24) is 10.6 Å². The normalized spacial score (nSPS) is 11.5. The SMILES string of the molecule is COc1ccc(OC)c(CNC(=O)NC(C)c2cccc(Br)c2)c1. The van der Waals surface area contributed by atoms with E-state index in [-0.39, 0.29) is 12.1 Å². The van der Waals surface area contributed by atoms with Crippen molar-refractivity contribution in [1.29, 1.82) is 0 Å². The largest absolute Gasteiger partial charge is 0.497 e. The maximum atomic E-state index is 12.1. The molecular formula is C18H21BrN2O3. The van der Waals surface area contributed by atoms with Gasteiger partial charge in [0.1, 0.15) is 11.5 Å². The van der Waals surface area contributed by atoms with Crippen LogP contribution in [0.25, 0.3) is 0 Å². The van der Waals surface area contributed by atoms with E-state index in [0.717, 1.165) is 21.3 Å². The molecule has 1 atom stereocenters. The molecule has 0 fully saturated rings. The van der Waals surface area contributed by atoms with E-state index >= 15 is 0 Å². The molecular weight excluding hydrogens is 372 g/mol. The second-order valence-electron chi connectivity index (χ2n) is 5.28. The Balaban J connectivity index is 1.96. The van der Waals surface area contributed by atoms with Crippen LogP contribution in [0.2, 0.25) is 0 Å². The minimum Gasteiger partial charge on any atom is -0.497 e. The Morgan fingerprint density at radius 2 is 1.96 bits per heavy atom. The molecule has 0 heterocycles. The van der Waals surface area contributed by atoms with E-state index in [0.29, 0.717) is 12.3 Å². The highest BCUT2D eigenvalue weighted by molar-refractivity contribution is 9.10. The van der Waals surface area contributed by atoms with E-state index in [9.17, 15) is 4.79 Å². The average Bonchev–Trinajstić information content (AvgIpc) is 2.59. The third-order valence-corrected chi connectivity index (χ3v) is 4.12. The molecule has 0 aliphatic rings. The van der Waals surface area contributed by atoms with Crippen LogP contribution < -0.4 is 20.1 Å². The third kappa shape index (κ3) is 4.89. The molecule has 2 aromatic rings. The lowest BCUT2D eigenvalue weighted by molar-refractivity contribution is 0.237. The number of methoxy groups -OCH3 is 2. The van der Waals surface area contributed by atoms with Gasteiger partial charge in [-0.05, 0) is 42.8 Å². The fraction of sp³-hybridized carbons (Fsp3) is 0.278. The molecule has 0 aromatic heterocycles. The fourth-order valence-corrected chi connectivity index (χ4v) is 2.72. The summed E-state index contributed by atoms with van der Waals surface area (Å²) in [6, 6.07) is 13.0. The van der Waals surface area contributed by atoms with Crippen LogP contribution in [0.5, 0.6) is 11.5 Å². The summed E-state index contributed by atoms with van der Waals surface area (Å²) in [5, 5.41) is 5.76. The molecule has 0 saturated carbocycles. The molecule has 128 valence electrons. The van der Waals surface area contributed by atoms with Crippen molar-refractivity contribution in [2.24, 2.45) is 0 Å². The van der Waals surface area contributed by atoms with Crippen molar-refractivity contribution in [3.63, 3.8) is 0 Å². The molecule has 0 saturated heterocycles. The van der Waals surface area contributed by atoms with Crippen LogP contribution in [0.4, 0.5) is 4.79 Å². The van der Waals surface area contributed by atoms with Crippen molar-refractivity contribution in [3.8, 4) is 11.5 Å². The van der Waals surface area contributed by atoms with Crippen molar-refractivity contribution < 1.29 is 14.3 Å². The number of halogens is 1. The molecule has 5 nitrogen and oxygen atoms in total. The Labute approximate surface area is 150 Å². The zero-order chi connectivity index (χ0) is 17.5. The number of carbonyl (C=O) groups excluding carboxylic acids is 1. The second-order valence-corrected chi connectivity index (χ2v) is 6.20. The summed E-state index contributed by atoms with van der Waals surface area (Å²) >= 11 is 3.43. The van der Waals surface area contributed by atoms with Crippen LogP contribution in [-0.2, 0) is 6.54 Å². The molecule has 0 aliphatic heterocycles. The van der Waals surface area contributed by atoms with Gasteiger partial charge in [-0.3, -0.25) is 0 Å². The average molecular weight is 393 g/mol. The summed E-state index contributed by atoms with van der Waals surface area (Å²) in [6.07, 6.45) is 0. The molecule has 2 aromatic carbocycles. The van der Waals surface area contributed by atoms with E-state index in [4.69, 9.17) is 9.47 Å². The van der Waals surface area contributed by atoms with E-state index in [1.807, 2.05) is 49.4 Å². The molecule has 2 rings (SSSR count). The van der Waals surface area contributed by atoms with Crippen LogP contribution in [0.15, 0.2) is 46.9 Å². The summed E-state index contributed by atoms with van der Waals surface area (Å²) < 4.78 is 11.5. The second kappa shape index (κ2) is 8.59. The molecule has 6 heteroatoms. The molecule has 1 unspecified atom stereocenters. The van der Waals surface area contributed by atoms with Crippen molar-refractivity contribution in [2.75, 3.05) is 14.2 Å². The van der Waals surface area contributed by atoms with Gasteiger partial charge in [0.2, 0.25) is 0 Å². The van der Waals surface area contributed by atoms with Crippen molar-refractivity contribution >= 4 is 22.0 Å². The number of hydrogen-bond acceptors (Lipinski definition) is 3. The van der Waals surface area contributed by atoms with Crippen LogP contribution in [-0.4, -0.2) is 20.3 Å². The predicted octanol–water partition coefficient (Wildman–Crippen LogP) is 4.03. The van der Waals surface area contributed by atoms with Gasteiger partial charge in [0, 0.05) is 16.6 Å². The van der Waals surface area contributed by atoms with Gasteiger partial charge in [0.15, 0.2) is 0 Å². The number of ether oxygens (including phenoxy) is 2. The van der Waals surface area contributed by atoms with E-state index in [1.54, 1.807) is 14.2 Å². The zero-order valence-electron chi connectivity index (χ0n) is 13.9. The predicted molar refractivity (Wildman–Crippen MR) is 97.5 cm³/mol. The number of amides is 2. The van der Waals surface area contributed by atoms with Crippen LogP contribution in [0, 0.1) is 0 Å². The number of carbonyl (C=O) groups is 1. The topological polar surface area (TPSA) is 59.6 Å². The molecule has 2 N–H and O–H groups in total. The van der Waals surface area contributed by atoms with Gasteiger partial charge in [0.05, 0.1) is 20.3 Å². The highest BCUT2D eigenvalue weighted by Gasteiger charge is 2.11. The highest BCUT2D eigenvalue weighted by atomic mass is 79.9. The summed E-state index contributed by atoms with van der Waals surface area (Å²) in [5.41, 5.74) is 1.88. The number of benzene rings is 2. The maximum Gasteiger partial charge on any atom is 0.315 e. The Kier molecular flexibility index (Phi) is 6.49. The minimum atomic E-state index is -0.243. The molecule has 0 aliphatic carbocycles. The van der Waals surface area contributed by atoms with E-state index in [1.165, 1.54) is 0 Å². The number of nitrogens with one attached hydrogen (secondary N) is 2. The van der Waals surface area contributed by atoms with E-state index in [2.05, 4.69) is 26.6 Å². The standard InChI is InChI=1S/C18H21BrN2O3/c1-12(13-5-4-6-15(19)9-13)21-18(22)20-11-14-10-16(23-2)7-8-17(14)24-3/h4-10,12H,11H2,1-3H3,(H2,20,21,22). The number of rotatable bonds is 6.